The van der Waals surface area contributed by atoms with Crippen LogP contribution in [0.25, 0.3) is 31.3 Å². The van der Waals surface area contributed by atoms with Gasteiger partial charge in [-0.05, 0) is 401 Å². The molecule has 8 aromatic carbocycles. The minimum Gasteiger partial charge on any atom is -0.478 e. The van der Waals surface area contributed by atoms with Gasteiger partial charge in [0.2, 0.25) is 0 Å². The van der Waals surface area contributed by atoms with E-state index >= 15 is 0 Å². The maximum atomic E-state index is 13.2. The topological polar surface area (TPSA) is 318 Å². The van der Waals surface area contributed by atoms with Gasteiger partial charge in [-0.1, -0.05) is 36.4 Å². The van der Waals surface area contributed by atoms with Gasteiger partial charge in [-0.15, -0.1) is 34.0 Å². The van der Waals surface area contributed by atoms with Crippen molar-refractivity contribution < 1.29 is 62.0 Å². The van der Waals surface area contributed by atoms with E-state index in [1.54, 1.807) is 79.0 Å². The molecule has 3 aromatic heterocycles. The third-order valence-electron chi connectivity index (χ3n) is 24.5. The van der Waals surface area contributed by atoms with E-state index in [4.69, 9.17) is 35.5 Å². The summed E-state index contributed by atoms with van der Waals surface area (Å²) in [5.74, 6) is -2.33. The number of hydrogen-bond donors (Lipinski definition) is 8. The van der Waals surface area contributed by atoms with Crippen LogP contribution in [0, 0.1) is 5.82 Å². The van der Waals surface area contributed by atoms with Gasteiger partial charge in [-0.2, -0.15) is 0 Å². The number of halogens is 1. The number of esters is 2. The third-order valence-corrected chi connectivity index (χ3v) is 27.2. The summed E-state index contributed by atoms with van der Waals surface area (Å²) < 4.78 is 33.6. The molecule has 5 saturated heterocycles. The van der Waals surface area contributed by atoms with E-state index in [2.05, 4.69) is 147 Å². The van der Waals surface area contributed by atoms with Crippen molar-refractivity contribution in [3.8, 4) is 31.3 Å². The van der Waals surface area contributed by atoms with E-state index < -0.39 is 46.5 Å². The number of likely N-dealkylation sites (N-methyl/N-ethyl adjacent to an activating group) is 5. The number of nitrogens with two attached hydrogens (primary N) is 2. The molecule has 0 unspecified atom stereocenters. The number of aromatic carboxylic acids is 1. The predicted octanol–water partition coefficient (Wildman–Crippen LogP) is 21.9. The van der Waals surface area contributed by atoms with Gasteiger partial charge in [-0.3, -0.25) is 20.2 Å². The summed E-state index contributed by atoms with van der Waals surface area (Å²) in [5, 5.41) is 29.6. The number of carbonyl (C=O) groups excluding carboxylic acids is 6. The van der Waals surface area contributed by atoms with Crippen LogP contribution in [0.15, 0.2) is 228 Å². The SMILES string of the molecule is CC(C)(C)OC(=O)Nc1ccc(-c2cccs2)cc1N.CC(C)(C)OC(=O)c1ccc(F)cc1.CN(C)[C@H]1CCN(c2ccc(C(=O)Nc3cc(-c4cccs4)ccc3N)cc2)C1.CN(C)[C@H]1CCN(c2ccc(C(=O)Nc3cc(-c4cccs4)ccc3NC(=O)OC(C)(C)C)cc2)C1.CN(C)[C@H]1CCN(c2ccc(C(=O)O)cc2)C1.CN(C)[C@H]1CCN(c2ccc(C(=O)OC(C)(C)C)cc2)C1.CN(C)[C@H]1CCNC1. The second-order valence-electron chi connectivity index (χ2n) is 41.5. The zero-order valence-electron chi connectivity index (χ0n) is 88.2. The lowest BCUT2D eigenvalue weighted by atomic mass is 10.1. The first-order chi connectivity index (χ1) is 68.5. The van der Waals surface area contributed by atoms with Crippen LogP contribution < -0.4 is 57.7 Å². The monoisotopic (exact) mass is 2040 g/mol. The molecular weight excluding hydrogens is 1890 g/mol. The number of nitrogens with one attached hydrogen (secondary N) is 5. The lowest BCUT2D eigenvalue weighted by molar-refractivity contribution is 0.00570. The van der Waals surface area contributed by atoms with E-state index in [-0.39, 0.29) is 23.6 Å². The Hall–Kier alpha value is -12.8. The van der Waals surface area contributed by atoms with Crippen LogP contribution in [-0.4, -0.2) is 260 Å². The molecule has 32 heteroatoms. The van der Waals surface area contributed by atoms with Crippen molar-refractivity contribution in [1.29, 1.82) is 0 Å². The molecule has 10 N–H and O–H groups in total. The van der Waals surface area contributed by atoms with E-state index in [1.165, 1.54) is 55.9 Å². The molecule has 0 bridgehead atoms. The summed E-state index contributed by atoms with van der Waals surface area (Å²) in [5.41, 5.74) is 23.2. The zero-order valence-corrected chi connectivity index (χ0v) is 90.6. The van der Waals surface area contributed by atoms with E-state index in [0.29, 0.717) is 86.1 Å². The summed E-state index contributed by atoms with van der Waals surface area (Å²) in [6.45, 7) is 32.4. The lowest BCUT2D eigenvalue weighted by Crippen LogP contribution is -2.31. The number of carboxylic acids is 1. The molecule has 0 aliphatic carbocycles. The number of thiophene rings is 3. The molecule has 8 heterocycles. The van der Waals surface area contributed by atoms with Gasteiger partial charge < -0.3 is 95.6 Å². The van der Waals surface area contributed by atoms with Crippen molar-refractivity contribution in [2.45, 2.75) is 168 Å². The molecule has 0 radical (unpaired) electrons. The minimum atomic E-state index is -0.871. The number of nitrogens with zero attached hydrogens (tertiary/aromatic N) is 9. The van der Waals surface area contributed by atoms with Crippen molar-refractivity contribution >= 4 is 133 Å². The lowest BCUT2D eigenvalue weighted by Gasteiger charge is -2.22. The summed E-state index contributed by atoms with van der Waals surface area (Å²) in [7, 11) is 21.2. The van der Waals surface area contributed by atoms with E-state index in [9.17, 15) is 38.0 Å². The molecule has 28 nitrogen and oxygen atoms in total. The summed E-state index contributed by atoms with van der Waals surface area (Å²) in [4.78, 5) is 108. The number of nitrogen functional groups attached to an aromatic ring is 2. The number of hydrogen-bond acceptors (Lipinski definition) is 26. The van der Waals surface area contributed by atoms with E-state index in [1.807, 2.05) is 236 Å². The normalized spacial score (nSPS) is 16.5. The fraction of sp³-hybridized carbons (Fsp3) is 0.407. The maximum Gasteiger partial charge on any atom is 0.412 e. The molecular formula is C113H149FN16O12S3. The molecule has 0 saturated carbocycles. The Morgan fingerprint density at radius 2 is 0.662 bits per heavy atom. The summed E-state index contributed by atoms with van der Waals surface area (Å²) >= 11 is 4.92. The Kier molecular flexibility index (Phi) is 41.6. The van der Waals surface area contributed by atoms with Crippen molar-refractivity contribution in [3.05, 3.63) is 262 Å². The van der Waals surface area contributed by atoms with Gasteiger partial charge in [0.05, 0.1) is 50.8 Å². The highest BCUT2D eigenvalue weighted by Crippen LogP contribution is 2.37. The first-order valence-electron chi connectivity index (χ1n) is 49.0. The van der Waals surface area contributed by atoms with Crippen LogP contribution in [0.2, 0.25) is 0 Å². The predicted molar refractivity (Wildman–Crippen MR) is 595 cm³/mol. The highest BCUT2D eigenvalue weighted by atomic mass is 32.1. The zero-order chi connectivity index (χ0) is 106. The Balaban J connectivity index is 0.000000180. The maximum absolute atomic E-state index is 13.2. The van der Waals surface area contributed by atoms with Crippen molar-refractivity contribution in [2.75, 3.05) is 188 Å². The van der Waals surface area contributed by atoms with Crippen LogP contribution in [0.5, 0.6) is 0 Å². The molecule has 778 valence electrons. The molecule has 5 atom stereocenters. The average Bonchev–Trinajstić information content (AvgIpc) is 1.75. The first-order valence-corrected chi connectivity index (χ1v) is 51.7. The second-order valence-corrected chi connectivity index (χ2v) is 44.3. The van der Waals surface area contributed by atoms with Gasteiger partial charge >= 0.3 is 30.1 Å². The van der Waals surface area contributed by atoms with Gasteiger partial charge in [0.15, 0.2) is 0 Å². The Labute approximate surface area is 868 Å². The highest BCUT2D eigenvalue weighted by molar-refractivity contribution is 7.14. The smallest absolute Gasteiger partial charge is 0.412 e. The van der Waals surface area contributed by atoms with Crippen LogP contribution in [0.1, 0.15) is 167 Å². The Bertz CT molecular complexity index is 5960. The third kappa shape index (κ3) is 36.7. The standard InChI is InChI=1S/C28H34N4O3S.C23H26N4OS.C17H26N2O2.C15H18N2O2S.C13H18N2O2.C11H13FO2.C6H14N2/c1-28(2,3)35-27(34)30-23-13-10-20(25-7-6-16-36-25)17-24(23)29-26(33)19-8-11-21(12-9-19)32-15-14-22(18-32)31(4)5;1-26(2)19-11-12-27(15-19)18-8-5-16(6-9-18)23(28)25-21-14-17(7-10-20(21)24)22-4-3-13-29-22;1-17(2,3)21-16(20)13-6-8-14(9-7-13)19-11-10-15(12-19)18(4)5;1-15(2,3)19-14(18)17-12-7-6-10(9-11(12)16)13-5-4-8-20-13;1-14(2)12-7-8-15(9-12)11-5-3-10(4-6-11)13(16)17;1-11(2,3)14-10(13)8-4-6-9(12)7-5-8;1-8(2)6-3-4-7-5-6/h6-13,16-17,22H,14-15,18H2,1-5H3,(H,29,33)(H,30,34);3-10,13-14,19H,11-12,15,24H2,1-2H3,(H,25,28);6-9,15H,10-12H2,1-5H3;4-9H,16H2,1-3H3,(H,17,18);3-6,12H,7-9H2,1-2H3,(H,16,17);4-7H,1-3H3;6-7H,3-5H2,1-2H3/t22-;19-;15-;;12-;;6-/m000.0.0/s1. The number of carboxylic acid groups (broad SMARTS) is 1. The quantitative estimate of drug-likeness (QED) is 0.0188. The van der Waals surface area contributed by atoms with Crippen LogP contribution >= 0.6 is 34.0 Å². The highest BCUT2D eigenvalue weighted by Gasteiger charge is 2.31. The van der Waals surface area contributed by atoms with Gasteiger partial charge in [0.25, 0.3) is 11.8 Å². The van der Waals surface area contributed by atoms with Crippen molar-refractivity contribution in [2.24, 2.45) is 0 Å². The number of anilines is 10. The van der Waals surface area contributed by atoms with Crippen molar-refractivity contribution in [1.82, 2.24) is 29.8 Å². The van der Waals surface area contributed by atoms with Crippen molar-refractivity contribution in [3.63, 3.8) is 0 Å². The number of carbonyl (C=O) groups is 7. The fourth-order valence-corrected chi connectivity index (χ4v) is 18.5. The molecule has 16 rings (SSSR count). The van der Waals surface area contributed by atoms with Gasteiger partial charge in [0, 0.05) is 138 Å². The molecule has 4 amide bonds. The minimum absolute atomic E-state index is 0.154. The Morgan fingerprint density at radius 1 is 0.352 bits per heavy atom. The van der Waals surface area contributed by atoms with Gasteiger partial charge in [0.1, 0.15) is 28.2 Å². The summed E-state index contributed by atoms with van der Waals surface area (Å²) in [6, 6.07) is 67.7. The second kappa shape index (κ2) is 52.8. The molecule has 5 aliphatic heterocycles. The van der Waals surface area contributed by atoms with Gasteiger partial charge in [-0.25, -0.2) is 28.4 Å². The largest absolute Gasteiger partial charge is 0.478 e. The van der Waals surface area contributed by atoms with Crippen LogP contribution in [0.4, 0.5) is 70.9 Å². The number of rotatable bonds is 21. The van der Waals surface area contributed by atoms with Crippen LogP contribution in [-0.2, 0) is 18.9 Å². The fourth-order valence-electron chi connectivity index (χ4n) is 16.3. The number of benzene rings is 8. The molecule has 0 spiro atoms. The summed E-state index contributed by atoms with van der Waals surface area (Å²) in [6.07, 6.45) is 4.86. The van der Waals surface area contributed by atoms with E-state index in [0.717, 1.165) is 126 Å². The molecule has 145 heavy (non-hydrogen) atoms. The molecule has 11 aromatic rings. The number of ether oxygens (including phenoxy) is 4. The number of amides is 4. The molecule has 5 aliphatic rings. The first kappa shape index (κ1) is 114. The Morgan fingerprint density at radius 3 is 0.966 bits per heavy atom. The average molecular weight is 2040 g/mol. The van der Waals surface area contributed by atoms with Crippen LogP contribution in [0.3, 0.4) is 0 Å². The molecule has 5 fully saturated rings.